The van der Waals surface area contributed by atoms with Crippen molar-refractivity contribution in [1.82, 2.24) is 0 Å². The minimum Gasteiger partial charge on any atom is -0.325 e. The van der Waals surface area contributed by atoms with Crippen molar-refractivity contribution in [3.8, 4) is 0 Å². The fraction of sp³-hybridized carbons (Fsp3) is 0.385. The second-order valence-electron chi connectivity index (χ2n) is 4.46. The van der Waals surface area contributed by atoms with Gasteiger partial charge in [-0.3, -0.25) is 9.59 Å². The molecule has 0 aliphatic heterocycles. The van der Waals surface area contributed by atoms with Crippen molar-refractivity contribution < 1.29 is 18.0 Å². The first-order chi connectivity index (χ1) is 8.78. The number of hydrogen-bond donors (Lipinski definition) is 1. The molecule has 5 nitrogen and oxygen atoms in total. The summed E-state index contributed by atoms with van der Waals surface area (Å²) in [4.78, 5) is 22.3. The first kappa shape index (κ1) is 15.4. The van der Waals surface area contributed by atoms with Gasteiger partial charge in [0.25, 0.3) is 0 Å². The molecule has 0 saturated carbocycles. The molecular weight excluding hydrogens is 266 g/mol. The number of carbonyl (C=O) groups excluding carboxylic acids is 2. The average Bonchev–Trinajstić information content (AvgIpc) is 2.29. The van der Waals surface area contributed by atoms with Crippen molar-refractivity contribution >= 4 is 27.2 Å². The maximum absolute atomic E-state index is 11.6. The lowest BCUT2D eigenvalue weighted by atomic mass is 10.2. The summed E-state index contributed by atoms with van der Waals surface area (Å²) in [6, 6.07) is 7.05. The molecule has 0 aliphatic rings. The molecule has 1 N–H and O–H groups in total. The molecule has 0 aromatic heterocycles. The van der Waals surface area contributed by atoms with Crippen molar-refractivity contribution in [2.45, 2.75) is 20.3 Å². The molecule has 19 heavy (non-hydrogen) atoms. The van der Waals surface area contributed by atoms with E-state index in [1.165, 1.54) is 6.92 Å². The van der Waals surface area contributed by atoms with Gasteiger partial charge >= 0.3 is 0 Å². The molecule has 0 bridgehead atoms. The number of Topliss-reactive ketones (excluding diaryl/α,β-unsaturated/α-hetero) is 1. The van der Waals surface area contributed by atoms with Crippen molar-refractivity contribution in [2.75, 3.05) is 16.8 Å². The molecule has 1 rings (SSSR count). The van der Waals surface area contributed by atoms with Crippen molar-refractivity contribution in [2.24, 2.45) is 0 Å². The second kappa shape index (κ2) is 6.47. The molecular formula is C13H17NO4S. The Morgan fingerprint density at radius 1 is 1.16 bits per heavy atom. The second-order valence-corrected chi connectivity index (χ2v) is 6.64. The molecule has 1 aromatic rings. The minimum atomic E-state index is -3.54. The first-order valence-corrected chi connectivity index (χ1v) is 7.67. The summed E-state index contributed by atoms with van der Waals surface area (Å²) in [7, 11) is -3.54. The van der Waals surface area contributed by atoms with Crippen molar-refractivity contribution in [3.63, 3.8) is 0 Å². The molecule has 0 radical (unpaired) electrons. The number of nitrogens with one attached hydrogen (secondary N) is 1. The third-order valence-electron chi connectivity index (χ3n) is 2.45. The van der Waals surface area contributed by atoms with E-state index in [-0.39, 0.29) is 18.0 Å². The number of amides is 1. The van der Waals surface area contributed by atoms with Crippen LogP contribution in [0.1, 0.15) is 18.9 Å². The molecule has 0 fully saturated rings. The van der Waals surface area contributed by atoms with E-state index >= 15 is 0 Å². The van der Waals surface area contributed by atoms with Crippen LogP contribution in [0, 0.1) is 6.92 Å². The van der Waals surface area contributed by atoms with Gasteiger partial charge in [-0.25, -0.2) is 8.42 Å². The van der Waals surface area contributed by atoms with E-state index in [4.69, 9.17) is 0 Å². The van der Waals surface area contributed by atoms with Crippen LogP contribution in [0.2, 0.25) is 0 Å². The van der Waals surface area contributed by atoms with E-state index in [1.807, 2.05) is 19.1 Å². The topological polar surface area (TPSA) is 80.3 Å². The van der Waals surface area contributed by atoms with Crippen LogP contribution < -0.4 is 5.32 Å². The first-order valence-electron chi connectivity index (χ1n) is 5.85. The maximum atomic E-state index is 11.6. The van der Waals surface area contributed by atoms with E-state index in [9.17, 15) is 18.0 Å². The number of benzene rings is 1. The fourth-order valence-corrected chi connectivity index (χ4v) is 2.62. The zero-order valence-corrected chi connectivity index (χ0v) is 11.8. The van der Waals surface area contributed by atoms with Crippen LogP contribution in [-0.2, 0) is 19.4 Å². The van der Waals surface area contributed by atoms with Gasteiger partial charge in [-0.2, -0.15) is 0 Å². The number of ketones is 1. The van der Waals surface area contributed by atoms with Gasteiger partial charge in [-0.1, -0.05) is 17.7 Å². The normalized spacial score (nSPS) is 11.1. The highest BCUT2D eigenvalue weighted by Gasteiger charge is 2.17. The summed E-state index contributed by atoms with van der Waals surface area (Å²) in [6.45, 7) is 3.24. The Bertz CT molecular complexity index is 561. The van der Waals surface area contributed by atoms with E-state index in [0.717, 1.165) is 5.56 Å². The van der Waals surface area contributed by atoms with Crippen LogP contribution >= 0.6 is 0 Å². The Morgan fingerprint density at radius 2 is 1.74 bits per heavy atom. The Balaban J connectivity index is 2.55. The molecule has 0 heterocycles. The van der Waals surface area contributed by atoms with Crippen molar-refractivity contribution in [3.05, 3.63) is 29.8 Å². The molecule has 104 valence electrons. The Morgan fingerprint density at radius 3 is 2.26 bits per heavy atom. The molecule has 0 spiro atoms. The Labute approximate surface area is 112 Å². The van der Waals surface area contributed by atoms with Gasteiger partial charge in [-0.05, 0) is 26.0 Å². The van der Waals surface area contributed by atoms with Crippen LogP contribution in [0.5, 0.6) is 0 Å². The number of rotatable bonds is 6. The van der Waals surface area contributed by atoms with Crippen LogP contribution in [0.25, 0.3) is 0 Å². The predicted molar refractivity (Wildman–Crippen MR) is 73.8 cm³/mol. The number of sulfone groups is 1. The molecule has 0 saturated heterocycles. The van der Waals surface area contributed by atoms with Crippen LogP contribution in [-0.4, -0.2) is 31.6 Å². The summed E-state index contributed by atoms with van der Waals surface area (Å²) < 4.78 is 23.2. The van der Waals surface area contributed by atoms with E-state index in [2.05, 4.69) is 5.32 Å². The van der Waals surface area contributed by atoms with E-state index in [1.54, 1.807) is 12.1 Å². The van der Waals surface area contributed by atoms with Gasteiger partial charge in [0.05, 0.1) is 5.75 Å². The molecule has 1 aromatic carbocycles. The van der Waals surface area contributed by atoms with Gasteiger partial charge < -0.3 is 5.32 Å². The molecule has 1 amide bonds. The lowest BCUT2D eigenvalue weighted by Gasteiger charge is -2.06. The largest absolute Gasteiger partial charge is 0.325 e. The van der Waals surface area contributed by atoms with Gasteiger partial charge in [0.2, 0.25) is 5.91 Å². The van der Waals surface area contributed by atoms with Crippen molar-refractivity contribution in [1.29, 1.82) is 0 Å². The average molecular weight is 283 g/mol. The molecule has 0 atom stereocenters. The Kier molecular flexibility index (Phi) is 5.23. The smallest absolute Gasteiger partial charge is 0.239 e. The fourth-order valence-electron chi connectivity index (χ4n) is 1.41. The van der Waals surface area contributed by atoms with Gasteiger partial charge in [-0.15, -0.1) is 0 Å². The monoisotopic (exact) mass is 283 g/mol. The molecule has 6 heteroatoms. The molecule has 0 aliphatic carbocycles. The maximum Gasteiger partial charge on any atom is 0.239 e. The van der Waals surface area contributed by atoms with E-state index < -0.39 is 21.5 Å². The van der Waals surface area contributed by atoms with Crippen LogP contribution in [0.4, 0.5) is 5.69 Å². The standard InChI is InChI=1S/C13H17NO4S/c1-10-3-5-12(6-4-10)14-13(16)9-19(17,18)8-7-11(2)15/h3-6H,7-9H2,1-2H3,(H,14,16). The number of carbonyl (C=O) groups is 2. The highest BCUT2D eigenvalue weighted by atomic mass is 32.2. The third kappa shape index (κ3) is 6.15. The summed E-state index contributed by atoms with van der Waals surface area (Å²) in [5.41, 5.74) is 1.60. The van der Waals surface area contributed by atoms with Gasteiger partial charge in [0.15, 0.2) is 9.84 Å². The van der Waals surface area contributed by atoms with Crippen LogP contribution in [0.3, 0.4) is 0 Å². The highest BCUT2D eigenvalue weighted by molar-refractivity contribution is 7.92. The lowest BCUT2D eigenvalue weighted by Crippen LogP contribution is -2.25. The third-order valence-corrected chi connectivity index (χ3v) is 3.98. The summed E-state index contributed by atoms with van der Waals surface area (Å²) >= 11 is 0. The van der Waals surface area contributed by atoms with Crippen LogP contribution in [0.15, 0.2) is 24.3 Å². The summed E-state index contributed by atoms with van der Waals surface area (Å²) in [5.74, 6) is -1.69. The highest BCUT2D eigenvalue weighted by Crippen LogP contribution is 2.08. The molecule has 0 unspecified atom stereocenters. The zero-order chi connectivity index (χ0) is 14.5. The Hall–Kier alpha value is -1.69. The SMILES string of the molecule is CC(=O)CCS(=O)(=O)CC(=O)Nc1ccc(C)cc1. The van der Waals surface area contributed by atoms with Gasteiger partial charge in [0.1, 0.15) is 11.5 Å². The van der Waals surface area contributed by atoms with Gasteiger partial charge in [0, 0.05) is 12.1 Å². The van der Waals surface area contributed by atoms with E-state index in [0.29, 0.717) is 5.69 Å². The number of hydrogen-bond acceptors (Lipinski definition) is 4. The lowest BCUT2D eigenvalue weighted by molar-refractivity contribution is -0.117. The quantitative estimate of drug-likeness (QED) is 0.854. The predicted octanol–water partition coefficient (Wildman–Crippen LogP) is 1.33. The summed E-state index contributed by atoms with van der Waals surface area (Å²) in [5, 5.41) is 2.51. The zero-order valence-electron chi connectivity index (χ0n) is 11.0. The number of anilines is 1. The number of aryl methyl sites for hydroxylation is 1. The summed E-state index contributed by atoms with van der Waals surface area (Å²) in [6.07, 6.45) is -0.0554. The minimum absolute atomic E-state index is 0.0554.